The molecule has 6 aliphatic rings. The van der Waals surface area contributed by atoms with Crippen molar-refractivity contribution in [2.45, 2.75) is 110 Å². The molecule has 3 saturated carbocycles. The lowest BCUT2D eigenvalue weighted by Crippen LogP contribution is -2.71. The highest BCUT2D eigenvalue weighted by molar-refractivity contribution is 6.02. The molecule has 7 rings (SSSR count). The third-order valence-electron chi connectivity index (χ3n) is 15.5. The summed E-state index contributed by atoms with van der Waals surface area (Å²) in [4.78, 5) is 53.4. The van der Waals surface area contributed by atoms with Crippen LogP contribution in [-0.4, -0.2) is 61.1 Å². The molecule has 8 heteroatoms. The maximum absolute atomic E-state index is 15.1. The van der Waals surface area contributed by atoms with Crippen molar-refractivity contribution in [1.29, 1.82) is 0 Å². The number of carboxylic acids is 1. The molecule has 0 unspecified atom stereocenters. The molecule has 0 aliphatic heterocycles. The van der Waals surface area contributed by atoms with E-state index in [0.29, 0.717) is 49.7 Å². The predicted molar refractivity (Wildman–Crippen MR) is 187 cm³/mol. The van der Waals surface area contributed by atoms with E-state index in [1.807, 2.05) is 63.3 Å². The molecular formula is C42H52O8. The Hall–Kier alpha value is -3.20. The van der Waals surface area contributed by atoms with E-state index in [4.69, 9.17) is 0 Å². The molecule has 3 fully saturated rings. The van der Waals surface area contributed by atoms with Crippen LogP contribution in [0.4, 0.5) is 0 Å². The summed E-state index contributed by atoms with van der Waals surface area (Å²) < 4.78 is 0. The fraction of sp³-hybridized carbons (Fsp3) is 0.619. The van der Waals surface area contributed by atoms with Gasteiger partial charge in [0.05, 0.1) is 5.60 Å². The van der Waals surface area contributed by atoms with Crippen molar-refractivity contribution in [2.75, 3.05) is 0 Å². The summed E-state index contributed by atoms with van der Waals surface area (Å²) in [6.07, 6.45) is 9.17. The Morgan fingerprint density at radius 1 is 0.980 bits per heavy atom. The van der Waals surface area contributed by atoms with Gasteiger partial charge < -0.3 is 20.4 Å². The number of benzene rings is 1. The molecule has 6 aliphatic carbocycles. The maximum Gasteiger partial charge on any atom is 0.313 e. The average Bonchev–Trinajstić information content (AvgIpc) is 3.13. The molecule has 8 nitrogen and oxygen atoms in total. The number of carboxylic acid groups (broad SMARTS) is 1. The number of aliphatic carboxylic acids is 1. The fourth-order valence-corrected chi connectivity index (χ4v) is 13.2. The van der Waals surface area contributed by atoms with E-state index >= 15 is 4.79 Å². The van der Waals surface area contributed by atoms with E-state index in [-0.39, 0.29) is 30.3 Å². The Labute approximate surface area is 294 Å². The van der Waals surface area contributed by atoms with Gasteiger partial charge in [0, 0.05) is 40.6 Å². The van der Waals surface area contributed by atoms with Gasteiger partial charge in [-0.3, -0.25) is 19.2 Å². The molecule has 0 radical (unpaired) electrons. The summed E-state index contributed by atoms with van der Waals surface area (Å²) in [7, 11) is 0. The largest absolute Gasteiger partial charge is 0.481 e. The van der Waals surface area contributed by atoms with Gasteiger partial charge in [-0.25, -0.2) is 0 Å². The number of carbonyl (C=O) groups is 4. The Bertz CT molecular complexity index is 1770. The zero-order valence-corrected chi connectivity index (χ0v) is 30.2. The Kier molecular flexibility index (Phi) is 7.68. The van der Waals surface area contributed by atoms with Gasteiger partial charge in [-0.2, -0.15) is 0 Å². The number of carbonyl (C=O) groups excluding carboxylic acids is 3. The summed E-state index contributed by atoms with van der Waals surface area (Å²) in [6.45, 7) is 11.3. The van der Waals surface area contributed by atoms with Crippen molar-refractivity contribution in [3.63, 3.8) is 0 Å². The first kappa shape index (κ1) is 35.2. The van der Waals surface area contributed by atoms with E-state index in [1.54, 1.807) is 12.2 Å². The molecule has 0 amide bonds. The number of rotatable bonds is 8. The van der Waals surface area contributed by atoms with E-state index in [9.17, 15) is 34.8 Å². The summed E-state index contributed by atoms with van der Waals surface area (Å²) in [5.41, 5.74) is -5.07. The lowest BCUT2D eigenvalue weighted by atomic mass is 9.33. The monoisotopic (exact) mass is 684 g/mol. The van der Waals surface area contributed by atoms with Crippen LogP contribution < -0.4 is 0 Å². The standard InChI is InChI=1S/C42H52O8/c1-24(21-28(43)32(46)25(2)35(47)48)39-16-10-17-42-34-31(29(44)22-38(39,42)6)37(5)18-15-30(45)36(3,4)33(37)27(14-13-26-11-8-7-9-12-26)41(34,50)20-19-40(42,49)23-39/h7-9,11-14,19-20,24-25,27-28,33,43,49-50H,10,15-18,21-23H2,1-6H3,(H,47,48)/t24-,25+,27-,28+,33+,37-,38-,39-,40+,41-,42+/m1/s1. The first-order valence-corrected chi connectivity index (χ1v) is 18.4. The lowest BCUT2D eigenvalue weighted by molar-refractivity contribution is -0.177. The Morgan fingerprint density at radius 3 is 2.32 bits per heavy atom. The quantitative estimate of drug-likeness (QED) is 0.196. The summed E-state index contributed by atoms with van der Waals surface area (Å²) in [5.74, 6) is -4.68. The van der Waals surface area contributed by atoms with Gasteiger partial charge in [0.15, 0.2) is 11.6 Å². The van der Waals surface area contributed by atoms with Crippen molar-refractivity contribution in [3.05, 3.63) is 65.3 Å². The Balaban J connectivity index is 1.45. The minimum Gasteiger partial charge on any atom is -0.481 e. The van der Waals surface area contributed by atoms with Crippen molar-refractivity contribution < 1.29 is 39.6 Å². The fourth-order valence-electron chi connectivity index (χ4n) is 13.2. The number of aliphatic hydroxyl groups excluding tert-OH is 1. The van der Waals surface area contributed by atoms with Crippen LogP contribution in [0.25, 0.3) is 6.08 Å². The van der Waals surface area contributed by atoms with Crippen LogP contribution in [0.15, 0.2) is 59.7 Å². The van der Waals surface area contributed by atoms with E-state index < -0.39 is 73.9 Å². The van der Waals surface area contributed by atoms with E-state index in [1.165, 1.54) is 6.92 Å². The van der Waals surface area contributed by atoms with Gasteiger partial charge in [0.2, 0.25) is 0 Å². The number of allylic oxidation sites excluding steroid dienone is 1. The normalized spacial score (nSPS) is 42.9. The van der Waals surface area contributed by atoms with Crippen molar-refractivity contribution >= 4 is 29.4 Å². The summed E-state index contributed by atoms with van der Waals surface area (Å²) in [5, 5.41) is 47.1. The molecule has 0 aromatic heterocycles. The minimum atomic E-state index is -1.66. The number of ketones is 3. The molecule has 268 valence electrons. The zero-order chi connectivity index (χ0) is 36.4. The topological polar surface area (TPSA) is 149 Å². The number of aliphatic hydroxyl groups is 3. The second kappa shape index (κ2) is 10.9. The summed E-state index contributed by atoms with van der Waals surface area (Å²) in [6, 6.07) is 9.83. The van der Waals surface area contributed by atoms with Crippen LogP contribution >= 0.6 is 0 Å². The van der Waals surface area contributed by atoms with Crippen molar-refractivity contribution in [1.82, 2.24) is 0 Å². The van der Waals surface area contributed by atoms with Gasteiger partial charge in [0.1, 0.15) is 23.4 Å². The van der Waals surface area contributed by atoms with Crippen LogP contribution in [-0.2, 0) is 19.2 Å². The molecule has 4 N–H and O–H groups in total. The highest BCUT2D eigenvalue weighted by Gasteiger charge is 2.84. The SMILES string of the molecule is C[C@H](C(=O)O)C(=O)[C@@H](O)C[C@@H](C)[C@]12CCC[C@]34C5=C(C(=O)C[C@]13C)[C@@]1(C)CCC(=O)C(C)(C)[C@@H]1[C@@H](C=Cc1ccccc1)[C@]5(O)C=C[C@]4(O)C2. The smallest absolute Gasteiger partial charge is 0.313 e. The number of Topliss-reactive ketones (excluding diaryl/α,β-unsaturated/α-hetero) is 3. The third-order valence-corrected chi connectivity index (χ3v) is 15.5. The predicted octanol–water partition coefficient (Wildman–Crippen LogP) is 5.89. The lowest BCUT2D eigenvalue weighted by Gasteiger charge is -2.70. The van der Waals surface area contributed by atoms with Gasteiger partial charge in [-0.15, -0.1) is 0 Å². The Morgan fingerprint density at radius 2 is 1.66 bits per heavy atom. The molecule has 50 heavy (non-hydrogen) atoms. The second-order valence-electron chi connectivity index (χ2n) is 17.8. The number of hydrogen-bond donors (Lipinski definition) is 4. The van der Waals surface area contributed by atoms with Crippen LogP contribution in [0.5, 0.6) is 0 Å². The van der Waals surface area contributed by atoms with E-state index in [0.717, 1.165) is 5.56 Å². The van der Waals surface area contributed by atoms with Crippen LogP contribution in [0.1, 0.15) is 98.5 Å². The third kappa shape index (κ3) is 4.10. The van der Waals surface area contributed by atoms with Crippen molar-refractivity contribution in [2.24, 2.45) is 50.7 Å². The first-order valence-electron chi connectivity index (χ1n) is 18.4. The molecular weight excluding hydrogens is 632 g/mol. The molecule has 11 atom stereocenters. The van der Waals surface area contributed by atoms with Gasteiger partial charge in [0.25, 0.3) is 0 Å². The molecule has 1 aromatic carbocycles. The van der Waals surface area contributed by atoms with Crippen LogP contribution in [0.3, 0.4) is 0 Å². The second-order valence-corrected chi connectivity index (χ2v) is 17.8. The molecule has 2 bridgehead atoms. The van der Waals surface area contributed by atoms with Gasteiger partial charge in [-0.1, -0.05) is 89.6 Å². The van der Waals surface area contributed by atoms with Gasteiger partial charge in [-0.05, 0) is 78.9 Å². The van der Waals surface area contributed by atoms with Crippen LogP contribution in [0.2, 0.25) is 0 Å². The summed E-state index contributed by atoms with van der Waals surface area (Å²) >= 11 is 0. The molecule has 0 heterocycles. The average molecular weight is 685 g/mol. The van der Waals surface area contributed by atoms with E-state index in [2.05, 4.69) is 13.8 Å². The molecule has 1 spiro atoms. The minimum absolute atomic E-state index is 0.00477. The number of hydrogen-bond acceptors (Lipinski definition) is 7. The zero-order valence-electron chi connectivity index (χ0n) is 30.2. The highest BCUT2D eigenvalue weighted by Crippen LogP contribution is 2.84. The maximum atomic E-state index is 15.1. The highest BCUT2D eigenvalue weighted by atomic mass is 16.4. The molecule has 1 aromatic rings. The van der Waals surface area contributed by atoms with Crippen LogP contribution in [0, 0.1) is 50.7 Å². The van der Waals surface area contributed by atoms with Crippen molar-refractivity contribution in [3.8, 4) is 0 Å². The number of fused-ring (bicyclic) bond motifs is 2. The molecule has 0 saturated heterocycles. The first-order chi connectivity index (χ1) is 23.3. The van der Waals surface area contributed by atoms with Gasteiger partial charge >= 0.3 is 5.97 Å².